The number of rotatable bonds is 6. The zero-order chi connectivity index (χ0) is 8.69. The van der Waals surface area contributed by atoms with E-state index in [0.29, 0.717) is 0 Å². The Bertz CT molecular complexity index is 102. The summed E-state index contributed by atoms with van der Waals surface area (Å²) in [6, 6.07) is 0.0637. The van der Waals surface area contributed by atoms with Crippen molar-refractivity contribution in [3.05, 3.63) is 0 Å². The minimum atomic E-state index is 0.0637. The van der Waals surface area contributed by atoms with Crippen molar-refractivity contribution in [3.63, 3.8) is 0 Å². The molecule has 0 aliphatic carbocycles. The van der Waals surface area contributed by atoms with Crippen LogP contribution < -0.4 is 5.32 Å². The average Bonchev–Trinajstić information content (AvgIpc) is 1.98. The summed E-state index contributed by atoms with van der Waals surface area (Å²) in [5, 5.41) is 2.96. The van der Waals surface area contributed by atoms with Gasteiger partial charge in [0.2, 0.25) is 0 Å². The lowest BCUT2D eigenvalue weighted by Crippen LogP contribution is -2.26. The lowest BCUT2D eigenvalue weighted by Gasteiger charge is -2.09. The first-order valence-corrected chi connectivity index (χ1v) is 4.33. The molecule has 0 amide bonds. The number of nitrogens with one attached hydrogen (secondary N) is 1. The van der Waals surface area contributed by atoms with E-state index in [4.69, 9.17) is 0 Å². The van der Waals surface area contributed by atoms with Gasteiger partial charge < -0.3 is 10.1 Å². The zero-order valence-electron chi connectivity index (χ0n) is 7.76. The number of hydrogen-bond acceptors (Lipinski definition) is 2. The molecule has 1 atom stereocenters. The van der Waals surface area contributed by atoms with Crippen molar-refractivity contribution in [2.45, 2.75) is 39.2 Å². The third-order valence-electron chi connectivity index (χ3n) is 1.83. The van der Waals surface area contributed by atoms with Gasteiger partial charge in [0.05, 0.1) is 6.04 Å². The molecule has 0 aromatic carbocycles. The molecule has 1 N–H and O–H groups in total. The lowest BCUT2D eigenvalue weighted by molar-refractivity contribution is -0.109. The van der Waals surface area contributed by atoms with Crippen molar-refractivity contribution in [2.75, 3.05) is 7.05 Å². The van der Waals surface area contributed by atoms with Gasteiger partial charge in [-0.05, 0) is 19.4 Å². The molecule has 0 saturated carbocycles. The van der Waals surface area contributed by atoms with Crippen LogP contribution in [0.3, 0.4) is 0 Å². The van der Waals surface area contributed by atoms with E-state index < -0.39 is 0 Å². The summed E-state index contributed by atoms with van der Waals surface area (Å²) in [4.78, 5) is 10.3. The van der Waals surface area contributed by atoms with Crippen molar-refractivity contribution in [3.8, 4) is 0 Å². The summed E-state index contributed by atoms with van der Waals surface area (Å²) in [5.74, 6) is 0.749. The first-order valence-electron chi connectivity index (χ1n) is 4.33. The third-order valence-corrected chi connectivity index (χ3v) is 1.83. The molecule has 0 fully saturated rings. The highest BCUT2D eigenvalue weighted by Gasteiger charge is 2.03. The Hall–Kier alpha value is -0.370. The number of hydrogen-bond donors (Lipinski definition) is 1. The van der Waals surface area contributed by atoms with E-state index in [9.17, 15) is 4.79 Å². The number of aldehydes is 1. The van der Waals surface area contributed by atoms with Gasteiger partial charge in [-0.15, -0.1) is 0 Å². The van der Waals surface area contributed by atoms with Gasteiger partial charge in [0.15, 0.2) is 0 Å². The highest BCUT2D eigenvalue weighted by Crippen LogP contribution is 2.07. The lowest BCUT2D eigenvalue weighted by atomic mass is 10.0. The monoisotopic (exact) mass is 157 g/mol. The maximum Gasteiger partial charge on any atom is 0.136 e. The molecule has 2 heteroatoms. The highest BCUT2D eigenvalue weighted by molar-refractivity contribution is 5.57. The van der Waals surface area contributed by atoms with Gasteiger partial charge in [-0.2, -0.15) is 0 Å². The van der Waals surface area contributed by atoms with Gasteiger partial charge >= 0.3 is 0 Å². The second-order valence-electron chi connectivity index (χ2n) is 3.36. The van der Waals surface area contributed by atoms with E-state index in [-0.39, 0.29) is 6.04 Å². The van der Waals surface area contributed by atoms with Crippen molar-refractivity contribution >= 4 is 6.29 Å². The molecule has 0 spiro atoms. The molecular weight excluding hydrogens is 138 g/mol. The van der Waals surface area contributed by atoms with Crippen LogP contribution in [0, 0.1) is 5.92 Å². The van der Waals surface area contributed by atoms with Crippen LogP contribution in [-0.4, -0.2) is 19.4 Å². The standard InChI is InChI=1S/C9H19NO/c1-8(2)5-4-6-9(7-11)10-3/h7-10H,4-6H2,1-3H3. The molecule has 0 heterocycles. The topological polar surface area (TPSA) is 29.1 Å². The Labute approximate surface area is 69.4 Å². The van der Waals surface area contributed by atoms with Crippen molar-refractivity contribution < 1.29 is 4.79 Å². The predicted octanol–water partition coefficient (Wildman–Crippen LogP) is 1.60. The first kappa shape index (κ1) is 10.6. The minimum absolute atomic E-state index is 0.0637. The normalized spacial score (nSPS) is 13.5. The quantitative estimate of drug-likeness (QED) is 0.593. The Balaban J connectivity index is 3.28. The third kappa shape index (κ3) is 6.05. The smallest absolute Gasteiger partial charge is 0.136 e. The van der Waals surface area contributed by atoms with Crippen LogP contribution in [0.25, 0.3) is 0 Å². The van der Waals surface area contributed by atoms with Gasteiger partial charge in [-0.25, -0.2) is 0 Å². The van der Waals surface area contributed by atoms with Gasteiger partial charge in [0, 0.05) is 0 Å². The number of likely N-dealkylation sites (N-methyl/N-ethyl adjacent to an activating group) is 1. The van der Waals surface area contributed by atoms with Crippen LogP contribution in [0.5, 0.6) is 0 Å². The molecule has 0 aliphatic heterocycles. The Kier molecular flexibility index (Phi) is 6.13. The Morgan fingerprint density at radius 3 is 2.36 bits per heavy atom. The highest BCUT2D eigenvalue weighted by atomic mass is 16.1. The molecule has 0 saturated heterocycles. The molecule has 2 nitrogen and oxygen atoms in total. The van der Waals surface area contributed by atoms with Crippen LogP contribution >= 0.6 is 0 Å². The molecule has 0 bridgehead atoms. The largest absolute Gasteiger partial charge is 0.311 e. The SMILES string of the molecule is CNC(C=O)CCCC(C)C. The van der Waals surface area contributed by atoms with Gasteiger partial charge in [0.25, 0.3) is 0 Å². The summed E-state index contributed by atoms with van der Waals surface area (Å²) < 4.78 is 0. The van der Waals surface area contributed by atoms with Crippen LogP contribution in [0.2, 0.25) is 0 Å². The van der Waals surface area contributed by atoms with E-state index in [1.54, 1.807) is 0 Å². The molecule has 1 unspecified atom stereocenters. The molecule has 0 aromatic heterocycles. The Morgan fingerprint density at radius 1 is 1.36 bits per heavy atom. The molecule has 66 valence electrons. The van der Waals surface area contributed by atoms with Crippen LogP contribution in [0.4, 0.5) is 0 Å². The first-order chi connectivity index (χ1) is 5.20. The fourth-order valence-corrected chi connectivity index (χ4v) is 1.03. The summed E-state index contributed by atoms with van der Waals surface area (Å²) in [6.45, 7) is 4.41. The van der Waals surface area contributed by atoms with E-state index in [1.807, 2.05) is 7.05 Å². The van der Waals surface area contributed by atoms with E-state index in [0.717, 1.165) is 25.0 Å². The molecule has 0 aromatic rings. The molecule has 0 rings (SSSR count). The summed E-state index contributed by atoms with van der Waals surface area (Å²) >= 11 is 0. The van der Waals surface area contributed by atoms with E-state index in [1.165, 1.54) is 6.42 Å². The summed E-state index contributed by atoms with van der Waals surface area (Å²) in [7, 11) is 1.83. The fraction of sp³-hybridized carbons (Fsp3) is 0.889. The van der Waals surface area contributed by atoms with Crippen molar-refractivity contribution in [1.29, 1.82) is 0 Å². The minimum Gasteiger partial charge on any atom is -0.311 e. The van der Waals surface area contributed by atoms with Crippen LogP contribution in [-0.2, 0) is 4.79 Å². The van der Waals surface area contributed by atoms with Gasteiger partial charge in [0.1, 0.15) is 6.29 Å². The van der Waals surface area contributed by atoms with Crippen LogP contribution in [0.1, 0.15) is 33.1 Å². The summed E-state index contributed by atoms with van der Waals surface area (Å²) in [5.41, 5.74) is 0. The average molecular weight is 157 g/mol. The van der Waals surface area contributed by atoms with Crippen LogP contribution in [0.15, 0.2) is 0 Å². The second-order valence-corrected chi connectivity index (χ2v) is 3.36. The molecule has 0 aliphatic rings. The predicted molar refractivity (Wildman–Crippen MR) is 47.6 cm³/mol. The fourth-order valence-electron chi connectivity index (χ4n) is 1.03. The van der Waals surface area contributed by atoms with Gasteiger partial charge in [-0.3, -0.25) is 0 Å². The maximum atomic E-state index is 10.3. The second kappa shape index (κ2) is 6.35. The maximum absolute atomic E-state index is 10.3. The van der Waals surface area contributed by atoms with Crippen molar-refractivity contribution in [2.24, 2.45) is 5.92 Å². The molecule has 11 heavy (non-hydrogen) atoms. The van der Waals surface area contributed by atoms with E-state index in [2.05, 4.69) is 19.2 Å². The molecule has 0 radical (unpaired) electrons. The Morgan fingerprint density at radius 2 is 2.00 bits per heavy atom. The van der Waals surface area contributed by atoms with Gasteiger partial charge in [-0.1, -0.05) is 26.7 Å². The number of carbonyl (C=O) groups is 1. The summed E-state index contributed by atoms with van der Waals surface area (Å²) in [6.07, 6.45) is 4.31. The van der Waals surface area contributed by atoms with Crippen molar-refractivity contribution in [1.82, 2.24) is 5.32 Å². The number of carbonyl (C=O) groups excluding carboxylic acids is 1. The van der Waals surface area contributed by atoms with E-state index >= 15 is 0 Å². The zero-order valence-corrected chi connectivity index (χ0v) is 7.76. The molecular formula is C9H19NO.